The van der Waals surface area contributed by atoms with E-state index in [1.54, 1.807) is 7.11 Å². The third-order valence-electron chi connectivity index (χ3n) is 4.55. The molecule has 0 aliphatic heterocycles. The summed E-state index contributed by atoms with van der Waals surface area (Å²) in [5.41, 5.74) is 0.510. The van der Waals surface area contributed by atoms with E-state index < -0.39 is 5.54 Å². The van der Waals surface area contributed by atoms with Crippen molar-refractivity contribution in [1.82, 2.24) is 5.32 Å². The Labute approximate surface area is 127 Å². The van der Waals surface area contributed by atoms with E-state index in [9.17, 15) is 5.11 Å². The van der Waals surface area contributed by atoms with Crippen LogP contribution in [0.25, 0.3) is 0 Å². The van der Waals surface area contributed by atoms with Gasteiger partial charge >= 0.3 is 0 Å². The molecule has 2 rings (SSSR count). The maximum Gasteiger partial charge on any atom is 0.0903 e. The molecular formula is C17H27NO3. The van der Waals surface area contributed by atoms with E-state index in [-0.39, 0.29) is 12.7 Å². The van der Waals surface area contributed by atoms with Crippen LogP contribution in [0.5, 0.6) is 0 Å². The van der Waals surface area contributed by atoms with Crippen molar-refractivity contribution in [2.45, 2.75) is 43.4 Å². The van der Waals surface area contributed by atoms with Gasteiger partial charge in [0.25, 0.3) is 0 Å². The third-order valence-corrected chi connectivity index (χ3v) is 4.55. The number of ether oxygens (including phenoxy) is 2. The lowest BCUT2D eigenvalue weighted by Gasteiger charge is -2.35. The SMILES string of the molecule is CNC(CO)(COC1CCCC(OC)C1)c1ccccc1. The largest absolute Gasteiger partial charge is 0.394 e. The predicted octanol–water partition coefficient (Wildman–Crippen LogP) is 2.07. The lowest BCUT2D eigenvalue weighted by molar-refractivity contribution is -0.0568. The maximum absolute atomic E-state index is 9.89. The summed E-state index contributed by atoms with van der Waals surface area (Å²) in [4.78, 5) is 0. The van der Waals surface area contributed by atoms with Crippen molar-refractivity contribution in [1.29, 1.82) is 0 Å². The average molecular weight is 293 g/mol. The van der Waals surface area contributed by atoms with Gasteiger partial charge in [-0.2, -0.15) is 0 Å². The van der Waals surface area contributed by atoms with Crippen LogP contribution < -0.4 is 5.32 Å². The smallest absolute Gasteiger partial charge is 0.0903 e. The van der Waals surface area contributed by atoms with Crippen molar-refractivity contribution in [3.63, 3.8) is 0 Å². The summed E-state index contributed by atoms with van der Waals surface area (Å²) < 4.78 is 11.6. The van der Waals surface area contributed by atoms with Crippen molar-refractivity contribution in [3.8, 4) is 0 Å². The van der Waals surface area contributed by atoms with Gasteiger partial charge in [0.15, 0.2) is 0 Å². The van der Waals surface area contributed by atoms with E-state index in [1.165, 1.54) is 0 Å². The second-order valence-corrected chi connectivity index (χ2v) is 5.81. The normalized spacial score (nSPS) is 25.5. The van der Waals surface area contributed by atoms with Crippen LogP contribution in [0.4, 0.5) is 0 Å². The fraction of sp³-hybridized carbons (Fsp3) is 0.647. The molecule has 3 unspecified atom stereocenters. The first kappa shape index (κ1) is 16.4. The molecule has 1 aliphatic rings. The van der Waals surface area contributed by atoms with Crippen LogP contribution in [-0.2, 0) is 15.0 Å². The van der Waals surface area contributed by atoms with Gasteiger partial charge in [0.1, 0.15) is 0 Å². The maximum atomic E-state index is 9.89. The van der Waals surface area contributed by atoms with Gasteiger partial charge in [-0.05, 0) is 38.3 Å². The van der Waals surface area contributed by atoms with Crippen LogP contribution in [0, 0.1) is 0 Å². The Morgan fingerprint density at radius 1 is 1.24 bits per heavy atom. The van der Waals surface area contributed by atoms with E-state index in [1.807, 2.05) is 37.4 Å². The molecule has 1 fully saturated rings. The standard InChI is InChI=1S/C17H27NO3/c1-18-17(12-19,14-7-4-3-5-8-14)13-21-16-10-6-9-15(11-16)20-2/h3-5,7-8,15-16,18-19H,6,9-13H2,1-2H3. The minimum Gasteiger partial charge on any atom is -0.394 e. The van der Waals surface area contributed by atoms with Crippen LogP contribution in [-0.4, -0.2) is 44.7 Å². The van der Waals surface area contributed by atoms with Gasteiger partial charge in [-0.3, -0.25) is 0 Å². The summed E-state index contributed by atoms with van der Waals surface area (Å²) in [6.07, 6.45) is 4.79. The number of methoxy groups -OCH3 is 1. The zero-order chi connectivity index (χ0) is 15.1. The average Bonchev–Trinajstić information content (AvgIpc) is 2.57. The van der Waals surface area contributed by atoms with E-state index in [2.05, 4.69) is 5.32 Å². The predicted molar refractivity (Wildman–Crippen MR) is 83.3 cm³/mol. The van der Waals surface area contributed by atoms with Gasteiger partial charge in [0.2, 0.25) is 0 Å². The molecule has 0 aromatic heterocycles. The van der Waals surface area contributed by atoms with E-state index in [0.29, 0.717) is 12.7 Å². The molecule has 1 aliphatic carbocycles. The molecule has 1 aromatic carbocycles. The van der Waals surface area contributed by atoms with Crippen molar-refractivity contribution < 1.29 is 14.6 Å². The molecule has 3 atom stereocenters. The monoisotopic (exact) mass is 293 g/mol. The van der Waals surface area contributed by atoms with Gasteiger partial charge < -0.3 is 19.9 Å². The van der Waals surface area contributed by atoms with Crippen LogP contribution in [0.2, 0.25) is 0 Å². The molecule has 0 heterocycles. The van der Waals surface area contributed by atoms with Crippen LogP contribution in [0.1, 0.15) is 31.2 Å². The first-order valence-electron chi connectivity index (χ1n) is 7.74. The van der Waals surface area contributed by atoms with Gasteiger partial charge in [-0.25, -0.2) is 0 Å². The molecule has 0 spiro atoms. The second kappa shape index (κ2) is 7.90. The summed E-state index contributed by atoms with van der Waals surface area (Å²) >= 11 is 0. The van der Waals surface area contributed by atoms with Crippen LogP contribution in [0.3, 0.4) is 0 Å². The summed E-state index contributed by atoms with van der Waals surface area (Å²) in [6, 6.07) is 9.99. The fourth-order valence-electron chi connectivity index (χ4n) is 3.00. The summed E-state index contributed by atoms with van der Waals surface area (Å²) in [5, 5.41) is 13.1. The number of likely N-dealkylation sites (N-methyl/N-ethyl adjacent to an activating group) is 1. The number of aliphatic hydroxyl groups excluding tert-OH is 1. The summed E-state index contributed by atoms with van der Waals surface area (Å²) in [6.45, 7) is 0.471. The summed E-state index contributed by atoms with van der Waals surface area (Å²) in [5.74, 6) is 0. The third kappa shape index (κ3) is 4.04. The highest BCUT2D eigenvalue weighted by atomic mass is 16.5. The lowest BCUT2D eigenvalue weighted by atomic mass is 9.91. The molecule has 4 nitrogen and oxygen atoms in total. The molecule has 0 amide bonds. The van der Waals surface area contributed by atoms with Crippen LogP contribution in [0.15, 0.2) is 30.3 Å². The zero-order valence-corrected chi connectivity index (χ0v) is 13.0. The Morgan fingerprint density at radius 2 is 1.95 bits per heavy atom. The molecule has 2 N–H and O–H groups in total. The Balaban J connectivity index is 2.00. The number of aliphatic hydroxyl groups is 1. The van der Waals surface area contributed by atoms with Crippen molar-refractivity contribution in [2.24, 2.45) is 0 Å². The van der Waals surface area contributed by atoms with Crippen molar-refractivity contribution in [3.05, 3.63) is 35.9 Å². The Kier molecular flexibility index (Phi) is 6.18. The summed E-state index contributed by atoms with van der Waals surface area (Å²) in [7, 11) is 3.63. The highest BCUT2D eigenvalue weighted by molar-refractivity contribution is 5.24. The minimum atomic E-state index is -0.540. The highest BCUT2D eigenvalue weighted by Gasteiger charge is 2.32. The number of hydrogen-bond acceptors (Lipinski definition) is 4. The van der Waals surface area contributed by atoms with Crippen molar-refractivity contribution in [2.75, 3.05) is 27.4 Å². The second-order valence-electron chi connectivity index (χ2n) is 5.81. The first-order chi connectivity index (χ1) is 10.2. The Bertz CT molecular complexity index is 406. The molecule has 118 valence electrons. The van der Waals surface area contributed by atoms with Gasteiger partial charge in [0.05, 0.1) is 31.0 Å². The zero-order valence-electron chi connectivity index (χ0n) is 13.0. The quantitative estimate of drug-likeness (QED) is 0.808. The molecule has 0 radical (unpaired) electrons. The molecular weight excluding hydrogens is 266 g/mol. The molecule has 21 heavy (non-hydrogen) atoms. The highest BCUT2D eigenvalue weighted by Crippen LogP contribution is 2.26. The number of nitrogens with one attached hydrogen (secondary N) is 1. The Morgan fingerprint density at radius 3 is 2.57 bits per heavy atom. The topological polar surface area (TPSA) is 50.7 Å². The van der Waals surface area contributed by atoms with E-state index in [0.717, 1.165) is 31.2 Å². The van der Waals surface area contributed by atoms with E-state index in [4.69, 9.17) is 9.47 Å². The van der Waals surface area contributed by atoms with Gasteiger partial charge in [-0.1, -0.05) is 30.3 Å². The molecule has 0 saturated heterocycles. The first-order valence-corrected chi connectivity index (χ1v) is 7.74. The number of rotatable bonds is 7. The molecule has 4 heteroatoms. The van der Waals surface area contributed by atoms with E-state index >= 15 is 0 Å². The number of benzene rings is 1. The fourth-order valence-corrected chi connectivity index (χ4v) is 3.00. The van der Waals surface area contributed by atoms with Gasteiger partial charge in [0, 0.05) is 7.11 Å². The molecule has 1 aromatic rings. The minimum absolute atomic E-state index is 0.00788. The van der Waals surface area contributed by atoms with Crippen LogP contribution >= 0.6 is 0 Å². The van der Waals surface area contributed by atoms with Crippen molar-refractivity contribution >= 4 is 0 Å². The molecule has 0 bridgehead atoms. The number of hydrogen-bond donors (Lipinski definition) is 2. The van der Waals surface area contributed by atoms with Gasteiger partial charge in [-0.15, -0.1) is 0 Å². The lowest BCUT2D eigenvalue weighted by Crippen LogP contribution is -2.48. The molecule has 1 saturated carbocycles. The Hall–Kier alpha value is -0.940.